The van der Waals surface area contributed by atoms with E-state index < -0.39 is 0 Å². The van der Waals surface area contributed by atoms with Gasteiger partial charge in [0.25, 0.3) is 0 Å². The number of terminal acetylenes is 1. The number of rotatable bonds is 5. The summed E-state index contributed by atoms with van der Waals surface area (Å²) in [5.41, 5.74) is 0. The van der Waals surface area contributed by atoms with Crippen LogP contribution in [0.5, 0.6) is 0 Å². The van der Waals surface area contributed by atoms with Gasteiger partial charge in [-0.3, -0.25) is 10.1 Å². The molecule has 0 unspecified atom stereocenters. The van der Waals surface area contributed by atoms with Crippen molar-refractivity contribution >= 4 is 5.91 Å². The van der Waals surface area contributed by atoms with Gasteiger partial charge in [0.15, 0.2) is 0 Å². The molecule has 0 bridgehead atoms. The summed E-state index contributed by atoms with van der Waals surface area (Å²) >= 11 is 0. The van der Waals surface area contributed by atoms with Crippen LogP contribution in [0.2, 0.25) is 0 Å². The van der Waals surface area contributed by atoms with Crippen LogP contribution in [0.4, 0.5) is 0 Å². The lowest BCUT2D eigenvalue weighted by atomic mass is 10.4. The summed E-state index contributed by atoms with van der Waals surface area (Å²) in [6.07, 6.45) is 7.38. The summed E-state index contributed by atoms with van der Waals surface area (Å²) < 4.78 is 0. The van der Waals surface area contributed by atoms with Crippen LogP contribution in [0.3, 0.4) is 0 Å². The molecule has 3 nitrogen and oxygen atoms in total. The highest BCUT2D eigenvalue weighted by Gasteiger charge is 2.30. The molecule has 3 heteroatoms. The molecule has 0 aromatic rings. The van der Waals surface area contributed by atoms with Gasteiger partial charge in [0.2, 0.25) is 5.91 Å². The van der Waals surface area contributed by atoms with E-state index in [1.807, 2.05) is 11.8 Å². The van der Waals surface area contributed by atoms with Crippen molar-refractivity contribution in [3.63, 3.8) is 0 Å². The first-order valence-electron chi connectivity index (χ1n) is 4.73. The third-order valence-corrected chi connectivity index (χ3v) is 2.15. The average molecular weight is 180 g/mol. The lowest BCUT2D eigenvalue weighted by Gasteiger charge is -2.20. The SMILES string of the molecule is C#CCNCC(=O)N(CC)C1CC1. The summed E-state index contributed by atoms with van der Waals surface area (Å²) in [6, 6.07) is 0.505. The molecule has 0 radical (unpaired) electrons. The predicted molar refractivity (Wildman–Crippen MR) is 52.1 cm³/mol. The number of hydrogen-bond donors (Lipinski definition) is 1. The lowest BCUT2D eigenvalue weighted by molar-refractivity contribution is -0.130. The minimum Gasteiger partial charge on any atom is -0.339 e. The van der Waals surface area contributed by atoms with Gasteiger partial charge in [-0.05, 0) is 19.8 Å². The van der Waals surface area contributed by atoms with E-state index in [2.05, 4.69) is 11.2 Å². The van der Waals surface area contributed by atoms with Crippen molar-refractivity contribution < 1.29 is 4.79 Å². The molecule has 0 heterocycles. The fraction of sp³-hybridized carbons (Fsp3) is 0.700. The molecule has 1 fully saturated rings. The minimum atomic E-state index is 0.167. The van der Waals surface area contributed by atoms with E-state index in [4.69, 9.17) is 6.42 Å². The Bertz CT molecular complexity index is 215. The molecule has 0 aromatic carbocycles. The van der Waals surface area contributed by atoms with Crippen LogP contribution in [0.15, 0.2) is 0 Å². The Morgan fingerprint density at radius 3 is 2.85 bits per heavy atom. The zero-order valence-corrected chi connectivity index (χ0v) is 8.05. The lowest BCUT2D eigenvalue weighted by Crippen LogP contribution is -2.39. The van der Waals surface area contributed by atoms with E-state index in [0.717, 1.165) is 19.4 Å². The van der Waals surface area contributed by atoms with Gasteiger partial charge in [0.05, 0.1) is 13.1 Å². The van der Waals surface area contributed by atoms with Gasteiger partial charge in [-0.1, -0.05) is 5.92 Å². The van der Waals surface area contributed by atoms with E-state index in [-0.39, 0.29) is 5.91 Å². The quantitative estimate of drug-likeness (QED) is 0.485. The van der Waals surface area contributed by atoms with Gasteiger partial charge < -0.3 is 4.90 Å². The second kappa shape index (κ2) is 4.88. The summed E-state index contributed by atoms with van der Waals surface area (Å²) in [6.45, 7) is 3.65. The Morgan fingerprint density at radius 1 is 1.69 bits per heavy atom. The van der Waals surface area contributed by atoms with E-state index in [9.17, 15) is 4.79 Å². The van der Waals surface area contributed by atoms with Gasteiger partial charge in [0, 0.05) is 12.6 Å². The third kappa shape index (κ3) is 3.08. The van der Waals surface area contributed by atoms with Crippen molar-refractivity contribution in [2.75, 3.05) is 19.6 Å². The van der Waals surface area contributed by atoms with Crippen molar-refractivity contribution in [2.24, 2.45) is 0 Å². The van der Waals surface area contributed by atoms with Crippen molar-refractivity contribution in [1.82, 2.24) is 10.2 Å². The van der Waals surface area contributed by atoms with E-state index in [1.165, 1.54) is 0 Å². The molecule has 0 spiro atoms. The number of likely N-dealkylation sites (N-methyl/N-ethyl adjacent to an activating group) is 1. The Labute approximate surface area is 79.5 Å². The maximum Gasteiger partial charge on any atom is 0.236 e. The van der Waals surface area contributed by atoms with Crippen molar-refractivity contribution in [3.8, 4) is 12.3 Å². The highest BCUT2D eigenvalue weighted by molar-refractivity contribution is 5.78. The normalized spacial score (nSPS) is 15.1. The molecular formula is C10H16N2O. The first-order chi connectivity index (χ1) is 6.29. The summed E-state index contributed by atoms with van der Waals surface area (Å²) in [5, 5.41) is 2.90. The maximum absolute atomic E-state index is 11.5. The molecule has 1 rings (SSSR count). The minimum absolute atomic E-state index is 0.167. The summed E-state index contributed by atoms with van der Waals surface area (Å²) in [5.74, 6) is 2.61. The van der Waals surface area contributed by atoms with Crippen molar-refractivity contribution in [1.29, 1.82) is 0 Å². The molecular weight excluding hydrogens is 164 g/mol. The van der Waals surface area contributed by atoms with Crippen LogP contribution in [-0.4, -0.2) is 36.5 Å². The second-order valence-corrected chi connectivity index (χ2v) is 3.22. The van der Waals surface area contributed by atoms with Gasteiger partial charge in [-0.25, -0.2) is 0 Å². The summed E-state index contributed by atoms with van der Waals surface area (Å²) in [4.78, 5) is 13.4. The molecule has 0 atom stereocenters. The van der Waals surface area contributed by atoms with E-state index in [0.29, 0.717) is 19.1 Å². The second-order valence-electron chi connectivity index (χ2n) is 3.22. The Balaban J connectivity index is 2.23. The van der Waals surface area contributed by atoms with E-state index >= 15 is 0 Å². The van der Waals surface area contributed by atoms with Crippen LogP contribution < -0.4 is 5.32 Å². The van der Waals surface area contributed by atoms with Gasteiger partial charge in [-0.2, -0.15) is 0 Å². The maximum atomic E-state index is 11.5. The molecule has 0 aliphatic heterocycles. The molecule has 1 aliphatic rings. The number of amides is 1. The van der Waals surface area contributed by atoms with E-state index in [1.54, 1.807) is 0 Å². The van der Waals surface area contributed by atoms with Crippen LogP contribution >= 0.6 is 0 Å². The molecule has 1 N–H and O–H groups in total. The topological polar surface area (TPSA) is 32.3 Å². The highest BCUT2D eigenvalue weighted by atomic mass is 16.2. The molecule has 0 saturated heterocycles. The Morgan fingerprint density at radius 2 is 2.38 bits per heavy atom. The number of carbonyl (C=O) groups excluding carboxylic acids is 1. The number of nitrogens with one attached hydrogen (secondary N) is 1. The van der Waals surface area contributed by atoms with Gasteiger partial charge in [0.1, 0.15) is 0 Å². The molecule has 72 valence electrons. The zero-order valence-electron chi connectivity index (χ0n) is 8.05. The van der Waals surface area contributed by atoms with Gasteiger partial charge >= 0.3 is 0 Å². The molecule has 1 saturated carbocycles. The third-order valence-electron chi connectivity index (χ3n) is 2.15. The number of hydrogen-bond acceptors (Lipinski definition) is 2. The smallest absolute Gasteiger partial charge is 0.236 e. The fourth-order valence-corrected chi connectivity index (χ4v) is 1.37. The average Bonchev–Trinajstić information content (AvgIpc) is 2.90. The summed E-state index contributed by atoms with van der Waals surface area (Å²) in [7, 11) is 0. The fourth-order valence-electron chi connectivity index (χ4n) is 1.37. The highest BCUT2D eigenvalue weighted by Crippen LogP contribution is 2.26. The standard InChI is InChI=1S/C10H16N2O/c1-3-7-11-8-10(13)12(4-2)9-5-6-9/h1,9,11H,4-8H2,2H3. The Kier molecular flexibility index (Phi) is 3.78. The zero-order chi connectivity index (χ0) is 9.68. The molecule has 1 aliphatic carbocycles. The first-order valence-corrected chi connectivity index (χ1v) is 4.73. The van der Waals surface area contributed by atoms with Gasteiger partial charge in [-0.15, -0.1) is 6.42 Å². The Hall–Kier alpha value is -1.01. The van der Waals surface area contributed by atoms with Crippen molar-refractivity contribution in [3.05, 3.63) is 0 Å². The number of nitrogens with zero attached hydrogens (tertiary/aromatic N) is 1. The van der Waals surface area contributed by atoms with Crippen LogP contribution in [0.1, 0.15) is 19.8 Å². The monoisotopic (exact) mass is 180 g/mol. The molecule has 0 aromatic heterocycles. The van der Waals surface area contributed by atoms with Crippen LogP contribution in [0, 0.1) is 12.3 Å². The first kappa shape index (κ1) is 10.1. The number of carbonyl (C=O) groups is 1. The largest absolute Gasteiger partial charge is 0.339 e. The van der Waals surface area contributed by atoms with Crippen LogP contribution in [0.25, 0.3) is 0 Å². The predicted octanol–water partition coefficient (Wildman–Crippen LogP) is 0.220. The van der Waals surface area contributed by atoms with Crippen LogP contribution in [-0.2, 0) is 4.79 Å². The van der Waals surface area contributed by atoms with Crippen molar-refractivity contribution in [2.45, 2.75) is 25.8 Å². The molecule has 13 heavy (non-hydrogen) atoms. The molecule has 1 amide bonds.